The van der Waals surface area contributed by atoms with Crippen LogP contribution in [0.3, 0.4) is 0 Å². The number of rotatable bonds is 3. The van der Waals surface area contributed by atoms with E-state index >= 15 is 0 Å². The lowest BCUT2D eigenvalue weighted by molar-refractivity contribution is 0.0697. The molecule has 0 aliphatic heterocycles. The zero-order valence-corrected chi connectivity index (χ0v) is 11.2. The molecule has 110 valence electrons. The molecule has 0 aliphatic carbocycles. The Morgan fingerprint density at radius 1 is 0.955 bits per heavy atom. The standard InChI is InChI=1S/C16H10F2N2O2/c17-11-3-1-10(2-4-11)15-14(16(21)22)9-20(19-15)13-7-5-12(18)6-8-13/h1-9H,(H,21,22). The minimum absolute atomic E-state index is 0.0177. The summed E-state index contributed by atoms with van der Waals surface area (Å²) < 4.78 is 27.3. The monoisotopic (exact) mass is 300 g/mol. The van der Waals surface area contributed by atoms with Crippen LogP contribution in [-0.4, -0.2) is 20.9 Å². The van der Waals surface area contributed by atoms with Gasteiger partial charge in [-0.05, 0) is 48.5 Å². The Hall–Kier alpha value is -3.02. The first-order chi connectivity index (χ1) is 10.5. The summed E-state index contributed by atoms with van der Waals surface area (Å²) in [7, 11) is 0. The number of hydrogen-bond acceptors (Lipinski definition) is 2. The minimum Gasteiger partial charge on any atom is -0.478 e. The maximum Gasteiger partial charge on any atom is 0.339 e. The van der Waals surface area contributed by atoms with Crippen molar-refractivity contribution >= 4 is 5.97 Å². The van der Waals surface area contributed by atoms with Crippen LogP contribution in [-0.2, 0) is 0 Å². The second kappa shape index (κ2) is 5.40. The molecule has 1 heterocycles. The number of nitrogens with zero attached hydrogens (tertiary/aromatic N) is 2. The molecule has 6 heteroatoms. The molecule has 4 nitrogen and oxygen atoms in total. The van der Waals surface area contributed by atoms with Crippen LogP contribution in [0.15, 0.2) is 54.7 Å². The molecule has 0 unspecified atom stereocenters. The van der Waals surface area contributed by atoms with Gasteiger partial charge in [-0.25, -0.2) is 18.3 Å². The van der Waals surface area contributed by atoms with E-state index in [4.69, 9.17) is 0 Å². The van der Waals surface area contributed by atoms with E-state index in [9.17, 15) is 18.7 Å². The van der Waals surface area contributed by atoms with E-state index in [1.165, 1.54) is 59.4 Å². The minimum atomic E-state index is -1.15. The van der Waals surface area contributed by atoms with Gasteiger partial charge in [0.25, 0.3) is 0 Å². The molecule has 0 bridgehead atoms. The average Bonchev–Trinajstić information content (AvgIpc) is 2.94. The number of aromatic carboxylic acids is 1. The number of aromatic nitrogens is 2. The van der Waals surface area contributed by atoms with Gasteiger partial charge in [0.15, 0.2) is 0 Å². The quantitative estimate of drug-likeness (QED) is 0.805. The third-order valence-corrected chi connectivity index (χ3v) is 3.15. The van der Waals surface area contributed by atoms with Crippen molar-refractivity contribution in [2.45, 2.75) is 0 Å². The third kappa shape index (κ3) is 2.58. The zero-order valence-electron chi connectivity index (χ0n) is 11.2. The molecule has 0 amide bonds. The normalized spacial score (nSPS) is 10.6. The molecule has 0 saturated carbocycles. The number of carbonyl (C=O) groups is 1. The van der Waals surface area contributed by atoms with Crippen molar-refractivity contribution in [1.29, 1.82) is 0 Å². The molecule has 22 heavy (non-hydrogen) atoms. The van der Waals surface area contributed by atoms with Crippen molar-refractivity contribution in [3.63, 3.8) is 0 Å². The van der Waals surface area contributed by atoms with Crippen molar-refractivity contribution < 1.29 is 18.7 Å². The second-order valence-corrected chi connectivity index (χ2v) is 4.62. The number of carboxylic acids is 1. The fourth-order valence-corrected chi connectivity index (χ4v) is 2.08. The van der Waals surface area contributed by atoms with E-state index in [0.717, 1.165) is 0 Å². The van der Waals surface area contributed by atoms with Crippen LogP contribution in [0.25, 0.3) is 16.9 Å². The van der Waals surface area contributed by atoms with E-state index in [0.29, 0.717) is 11.3 Å². The highest BCUT2D eigenvalue weighted by atomic mass is 19.1. The number of carboxylic acid groups (broad SMARTS) is 1. The van der Waals surface area contributed by atoms with Gasteiger partial charge in [0.2, 0.25) is 0 Å². The number of benzene rings is 2. The lowest BCUT2D eigenvalue weighted by atomic mass is 10.1. The smallest absolute Gasteiger partial charge is 0.339 e. The molecule has 2 aromatic carbocycles. The molecular formula is C16H10F2N2O2. The van der Waals surface area contributed by atoms with Crippen molar-refractivity contribution in [3.8, 4) is 16.9 Å². The van der Waals surface area contributed by atoms with Gasteiger partial charge in [-0.3, -0.25) is 0 Å². The highest BCUT2D eigenvalue weighted by molar-refractivity contribution is 5.94. The summed E-state index contributed by atoms with van der Waals surface area (Å²) in [5, 5.41) is 13.5. The van der Waals surface area contributed by atoms with Gasteiger partial charge in [-0.2, -0.15) is 5.10 Å². The van der Waals surface area contributed by atoms with Crippen molar-refractivity contribution in [2.24, 2.45) is 0 Å². The van der Waals surface area contributed by atoms with Crippen LogP contribution in [0.1, 0.15) is 10.4 Å². The van der Waals surface area contributed by atoms with Crippen LogP contribution in [0, 0.1) is 11.6 Å². The Morgan fingerprint density at radius 3 is 2.05 bits per heavy atom. The van der Waals surface area contributed by atoms with E-state index in [1.54, 1.807) is 0 Å². The van der Waals surface area contributed by atoms with Crippen LogP contribution in [0.4, 0.5) is 8.78 Å². The van der Waals surface area contributed by atoms with Crippen LogP contribution in [0.5, 0.6) is 0 Å². The van der Waals surface area contributed by atoms with Crippen LogP contribution in [0.2, 0.25) is 0 Å². The lowest BCUT2D eigenvalue weighted by Crippen LogP contribution is -1.96. The molecule has 0 fully saturated rings. The first-order valence-corrected chi connectivity index (χ1v) is 6.39. The third-order valence-electron chi connectivity index (χ3n) is 3.15. The van der Waals surface area contributed by atoms with Gasteiger partial charge >= 0.3 is 5.97 Å². The van der Waals surface area contributed by atoms with Gasteiger partial charge in [0, 0.05) is 11.8 Å². The maximum atomic E-state index is 13.0. The highest BCUT2D eigenvalue weighted by Gasteiger charge is 2.17. The predicted octanol–water partition coefficient (Wildman–Crippen LogP) is 3.52. The topological polar surface area (TPSA) is 55.1 Å². The molecule has 3 aromatic rings. The summed E-state index contributed by atoms with van der Waals surface area (Å²) in [5.74, 6) is -1.96. The van der Waals surface area contributed by atoms with Crippen LogP contribution >= 0.6 is 0 Å². The van der Waals surface area contributed by atoms with Gasteiger partial charge in [0.1, 0.15) is 22.9 Å². The van der Waals surface area contributed by atoms with E-state index in [1.807, 2.05) is 0 Å². The summed E-state index contributed by atoms with van der Waals surface area (Å²) >= 11 is 0. The first-order valence-electron chi connectivity index (χ1n) is 6.39. The molecular weight excluding hydrogens is 290 g/mol. The highest BCUT2D eigenvalue weighted by Crippen LogP contribution is 2.24. The Kier molecular flexibility index (Phi) is 3.42. The SMILES string of the molecule is O=C(O)c1cn(-c2ccc(F)cc2)nc1-c1ccc(F)cc1. The summed E-state index contributed by atoms with van der Waals surface area (Å²) in [6.07, 6.45) is 1.34. The molecule has 0 aliphatic rings. The number of halogens is 2. The van der Waals surface area contributed by atoms with Crippen molar-refractivity contribution in [3.05, 3.63) is 71.9 Å². The van der Waals surface area contributed by atoms with Gasteiger partial charge in [-0.15, -0.1) is 0 Å². The zero-order chi connectivity index (χ0) is 15.7. The largest absolute Gasteiger partial charge is 0.478 e. The van der Waals surface area contributed by atoms with Gasteiger partial charge in [-0.1, -0.05) is 0 Å². The summed E-state index contributed by atoms with van der Waals surface area (Å²) in [4.78, 5) is 11.4. The van der Waals surface area contributed by atoms with Crippen LogP contribution < -0.4 is 0 Å². The van der Waals surface area contributed by atoms with Gasteiger partial charge < -0.3 is 5.11 Å². The van der Waals surface area contributed by atoms with Crippen molar-refractivity contribution in [1.82, 2.24) is 9.78 Å². The van der Waals surface area contributed by atoms with E-state index in [-0.39, 0.29) is 11.3 Å². The molecule has 3 rings (SSSR count). The average molecular weight is 300 g/mol. The molecule has 1 aromatic heterocycles. The molecule has 0 atom stereocenters. The van der Waals surface area contributed by atoms with E-state index in [2.05, 4.69) is 5.10 Å². The van der Waals surface area contributed by atoms with E-state index < -0.39 is 17.6 Å². The molecule has 0 spiro atoms. The summed E-state index contributed by atoms with van der Waals surface area (Å²) in [5.41, 5.74) is 1.21. The van der Waals surface area contributed by atoms with Crippen molar-refractivity contribution in [2.75, 3.05) is 0 Å². The van der Waals surface area contributed by atoms with Gasteiger partial charge in [0.05, 0.1) is 5.69 Å². The molecule has 0 radical (unpaired) electrons. The first kappa shape index (κ1) is 13.9. The maximum absolute atomic E-state index is 13.0. The Bertz CT molecular complexity index is 824. The Balaban J connectivity index is 2.11. The fourth-order valence-electron chi connectivity index (χ4n) is 2.08. The molecule has 1 N–H and O–H groups in total. The number of hydrogen-bond donors (Lipinski definition) is 1. The second-order valence-electron chi connectivity index (χ2n) is 4.62. The summed E-state index contributed by atoms with van der Waals surface area (Å²) in [6, 6.07) is 10.9. The fraction of sp³-hybridized carbons (Fsp3) is 0. The molecule has 0 saturated heterocycles. The predicted molar refractivity (Wildman–Crippen MR) is 75.9 cm³/mol. The summed E-state index contributed by atoms with van der Waals surface area (Å²) in [6.45, 7) is 0. The Morgan fingerprint density at radius 2 is 1.50 bits per heavy atom. The Labute approximate surface area is 124 Å². The lowest BCUT2D eigenvalue weighted by Gasteiger charge is -2.01.